The first kappa shape index (κ1) is 15.7. The van der Waals surface area contributed by atoms with E-state index in [9.17, 15) is 9.59 Å². The number of nitrogens with zero attached hydrogens (tertiary/aromatic N) is 1. The number of carbonyl (C=O) groups excluding carboxylic acids is 1. The van der Waals surface area contributed by atoms with Crippen LogP contribution < -0.4 is 10.3 Å². The molecule has 7 heteroatoms. The average molecular weight is 369 g/mol. The van der Waals surface area contributed by atoms with Gasteiger partial charge in [0.15, 0.2) is 11.2 Å². The minimum absolute atomic E-state index is 0.0222. The molecule has 0 aliphatic carbocycles. The van der Waals surface area contributed by atoms with Crippen LogP contribution in [0.15, 0.2) is 57.9 Å². The van der Waals surface area contributed by atoms with Gasteiger partial charge in [-0.1, -0.05) is 12.1 Å². The Morgan fingerprint density at radius 1 is 1.16 bits per heavy atom. The summed E-state index contributed by atoms with van der Waals surface area (Å²) < 4.78 is 8.42. The fourth-order valence-corrected chi connectivity index (χ4v) is 3.85. The number of aromatic nitrogens is 1. The third-order valence-corrected chi connectivity index (χ3v) is 5.11. The Morgan fingerprint density at radius 2 is 1.92 bits per heavy atom. The SMILES string of the molecule is CC(=O)On1cc(-c2ccc3sc4ccccc4c(=O)c3c2)oc1=S. The lowest BCUT2D eigenvalue weighted by Gasteiger charge is -2.02. The number of rotatable bonds is 2. The lowest BCUT2D eigenvalue weighted by molar-refractivity contribution is -0.141. The van der Waals surface area contributed by atoms with Gasteiger partial charge in [-0.2, -0.15) is 0 Å². The van der Waals surface area contributed by atoms with E-state index in [4.69, 9.17) is 21.5 Å². The van der Waals surface area contributed by atoms with E-state index < -0.39 is 5.97 Å². The van der Waals surface area contributed by atoms with Crippen LogP contribution in [-0.4, -0.2) is 10.7 Å². The van der Waals surface area contributed by atoms with Crippen molar-refractivity contribution in [3.63, 3.8) is 0 Å². The second-order valence-electron chi connectivity index (χ2n) is 5.41. The van der Waals surface area contributed by atoms with Gasteiger partial charge in [0.25, 0.3) is 0 Å². The number of oxazole rings is 1. The molecule has 2 aromatic heterocycles. The van der Waals surface area contributed by atoms with Crippen LogP contribution >= 0.6 is 23.6 Å². The van der Waals surface area contributed by atoms with Crippen molar-refractivity contribution in [1.82, 2.24) is 4.73 Å². The zero-order valence-corrected chi connectivity index (χ0v) is 14.6. The molecule has 0 fully saturated rings. The van der Waals surface area contributed by atoms with Crippen LogP contribution in [0.2, 0.25) is 0 Å². The van der Waals surface area contributed by atoms with E-state index in [2.05, 4.69) is 0 Å². The van der Waals surface area contributed by atoms with Gasteiger partial charge in [-0.3, -0.25) is 4.79 Å². The molecule has 0 spiro atoms. The zero-order chi connectivity index (χ0) is 17.6. The Kier molecular flexibility index (Phi) is 3.74. The molecule has 0 aliphatic rings. The van der Waals surface area contributed by atoms with Gasteiger partial charge in [-0.25, -0.2) is 4.79 Å². The Balaban J connectivity index is 1.91. The predicted molar refractivity (Wildman–Crippen MR) is 99.4 cm³/mol. The maximum absolute atomic E-state index is 12.8. The molecular formula is C18H11NO4S2. The normalized spacial score (nSPS) is 11.1. The van der Waals surface area contributed by atoms with E-state index >= 15 is 0 Å². The Morgan fingerprint density at radius 3 is 2.72 bits per heavy atom. The summed E-state index contributed by atoms with van der Waals surface area (Å²) in [6.07, 6.45) is 1.49. The van der Waals surface area contributed by atoms with Crippen molar-refractivity contribution in [2.24, 2.45) is 0 Å². The summed E-state index contributed by atoms with van der Waals surface area (Å²) in [5.41, 5.74) is 0.660. The van der Waals surface area contributed by atoms with Crippen molar-refractivity contribution in [1.29, 1.82) is 0 Å². The van der Waals surface area contributed by atoms with Gasteiger partial charge in [0.1, 0.15) is 0 Å². The highest BCUT2D eigenvalue weighted by Crippen LogP contribution is 2.29. The summed E-state index contributed by atoms with van der Waals surface area (Å²) in [7, 11) is 0. The highest BCUT2D eigenvalue weighted by molar-refractivity contribution is 7.71. The summed E-state index contributed by atoms with van der Waals surface area (Å²) in [5, 5.41) is 1.30. The van der Waals surface area contributed by atoms with E-state index in [1.165, 1.54) is 13.1 Å². The van der Waals surface area contributed by atoms with Gasteiger partial charge >= 0.3 is 10.8 Å². The maximum Gasteiger partial charge on any atom is 0.330 e. The summed E-state index contributed by atoms with van der Waals surface area (Å²) >= 11 is 6.60. The lowest BCUT2D eigenvalue weighted by Crippen LogP contribution is -2.15. The van der Waals surface area contributed by atoms with Gasteiger partial charge in [-0.05, 0) is 42.5 Å². The van der Waals surface area contributed by atoms with Crippen molar-refractivity contribution in [3.05, 3.63) is 63.7 Å². The second kappa shape index (κ2) is 5.94. The molecule has 0 bridgehead atoms. The number of carbonyl (C=O) groups is 1. The minimum atomic E-state index is -0.503. The summed E-state index contributed by atoms with van der Waals surface area (Å²) in [5.74, 6) is -0.0808. The maximum atomic E-state index is 12.8. The third-order valence-electron chi connectivity index (χ3n) is 3.70. The summed E-state index contributed by atoms with van der Waals surface area (Å²) in [6.45, 7) is 1.28. The molecule has 124 valence electrons. The van der Waals surface area contributed by atoms with Crippen LogP contribution in [0.5, 0.6) is 0 Å². The Bertz CT molecular complexity index is 1250. The van der Waals surface area contributed by atoms with Crippen molar-refractivity contribution < 1.29 is 14.0 Å². The fourth-order valence-electron chi connectivity index (χ4n) is 2.62. The largest absolute Gasteiger partial charge is 0.427 e. The van der Waals surface area contributed by atoms with Gasteiger partial charge in [0.05, 0.1) is 6.20 Å². The van der Waals surface area contributed by atoms with Crippen molar-refractivity contribution in [2.75, 3.05) is 0 Å². The fraction of sp³-hybridized carbons (Fsp3) is 0.0556. The Labute approximate surface area is 150 Å². The third kappa shape index (κ3) is 2.77. The molecule has 0 saturated heterocycles. The summed E-state index contributed by atoms with van der Waals surface area (Å²) in [4.78, 5) is 28.8. The molecule has 0 unspecified atom stereocenters. The molecule has 0 amide bonds. The molecule has 2 aromatic carbocycles. The molecule has 4 rings (SSSR count). The topological polar surface area (TPSA) is 61.4 Å². The highest BCUT2D eigenvalue weighted by Gasteiger charge is 2.11. The molecule has 0 saturated carbocycles. The zero-order valence-electron chi connectivity index (χ0n) is 13.0. The van der Waals surface area contributed by atoms with E-state index in [-0.39, 0.29) is 10.3 Å². The molecule has 5 nitrogen and oxygen atoms in total. The van der Waals surface area contributed by atoms with E-state index in [1.54, 1.807) is 17.4 Å². The number of hydrogen-bond donors (Lipinski definition) is 0. The predicted octanol–water partition coefficient (Wildman–Crippen LogP) is 4.18. The van der Waals surface area contributed by atoms with Crippen LogP contribution in [0.3, 0.4) is 0 Å². The molecule has 4 aromatic rings. The van der Waals surface area contributed by atoms with Crippen LogP contribution in [0.25, 0.3) is 31.5 Å². The van der Waals surface area contributed by atoms with Gasteiger partial charge in [-0.15, -0.1) is 16.1 Å². The van der Waals surface area contributed by atoms with Crippen LogP contribution in [0, 0.1) is 4.84 Å². The Hall–Kier alpha value is -2.77. The molecular weight excluding hydrogens is 358 g/mol. The molecule has 0 N–H and O–H groups in total. The van der Waals surface area contributed by atoms with Gasteiger partial charge in [0, 0.05) is 32.7 Å². The molecule has 0 aliphatic heterocycles. The number of benzene rings is 2. The van der Waals surface area contributed by atoms with Gasteiger partial charge < -0.3 is 9.25 Å². The molecule has 0 radical (unpaired) electrons. The van der Waals surface area contributed by atoms with E-state index in [1.807, 2.05) is 36.4 Å². The standard InChI is InChI=1S/C18H11NO4S2/c1-10(20)23-19-9-14(22-18(19)24)11-6-7-16-13(8-11)17(21)12-4-2-3-5-15(12)25-16/h2-9H,1H3. The minimum Gasteiger partial charge on any atom is -0.427 e. The number of fused-ring (bicyclic) bond motifs is 2. The van der Waals surface area contributed by atoms with Crippen molar-refractivity contribution >= 4 is 49.7 Å². The van der Waals surface area contributed by atoms with Crippen molar-refractivity contribution in [2.45, 2.75) is 6.92 Å². The first-order valence-corrected chi connectivity index (χ1v) is 8.63. The quantitative estimate of drug-likeness (QED) is 0.392. The molecule has 25 heavy (non-hydrogen) atoms. The van der Waals surface area contributed by atoms with Crippen LogP contribution in [-0.2, 0) is 4.79 Å². The highest BCUT2D eigenvalue weighted by atomic mass is 32.1. The summed E-state index contributed by atoms with van der Waals surface area (Å²) in [6, 6.07) is 13.0. The monoisotopic (exact) mass is 369 g/mol. The molecule has 2 heterocycles. The first-order chi connectivity index (χ1) is 12.0. The molecule has 0 atom stereocenters. The smallest absolute Gasteiger partial charge is 0.330 e. The van der Waals surface area contributed by atoms with Crippen molar-refractivity contribution in [3.8, 4) is 11.3 Å². The lowest BCUT2D eigenvalue weighted by atomic mass is 10.1. The van der Waals surface area contributed by atoms with Crippen LogP contribution in [0.4, 0.5) is 0 Å². The number of hydrogen-bond acceptors (Lipinski definition) is 6. The second-order valence-corrected chi connectivity index (χ2v) is 6.84. The first-order valence-electron chi connectivity index (χ1n) is 7.40. The van der Waals surface area contributed by atoms with Crippen LogP contribution in [0.1, 0.15) is 6.92 Å². The van der Waals surface area contributed by atoms with E-state index in [0.717, 1.165) is 14.1 Å². The average Bonchev–Trinajstić information content (AvgIpc) is 2.95. The van der Waals surface area contributed by atoms with Gasteiger partial charge in [0.2, 0.25) is 0 Å². The van der Waals surface area contributed by atoms with E-state index in [0.29, 0.717) is 22.1 Å².